The van der Waals surface area contributed by atoms with E-state index in [4.69, 9.17) is 23.2 Å². The number of ketones is 1. The van der Waals surface area contributed by atoms with Crippen LogP contribution in [0.3, 0.4) is 0 Å². The van der Waals surface area contributed by atoms with Gasteiger partial charge < -0.3 is 0 Å². The van der Waals surface area contributed by atoms with Crippen molar-refractivity contribution in [2.24, 2.45) is 0 Å². The van der Waals surface area contributed by atoms with E-state index in [1.807, 2.05) is 0 Å². The van der Waals surface area contributed by atoms with Crippen LogP contribution in [0.15, 0.2) is 24.8 Å². The van der Waals surface area contributed by atoms with E-state index in [0.29, 0.717) is 0 Å². The summed E-state index contributed by atoms with van der Waals surface area (Å²) in [6.07, 6.45) is 1.11. The largest absolute Gasteiger partial charge is 0.289 e. The highest BCUT2D eigenvalue weighted by Gasteiger charge is 2.10. The summed E-state index contributed by atoms with van der Waals surface area (Å²) in [5.41, 5.74) is 0.228. The number of carbonyl (C=O) groups is 1. The van der Waals surface area contributed by atoms with Crippen LogP contribution >= 0.6 is 23.2 Å². The molecule has 0 aliphatic heterocycles. The van der Waals surface area contributed by atoms with Gasteiger partial charge in [0.25, 0.3) is 0 Å². The zero-order valence-corrected chi connectivity index (χ0v) is 7.99. The van der Waals surface area contributed by atoms with Crippen molar-refractivity contribution in [3.8, 4) is 0 Å². The van der Waals surface area contributed by atoms with Crippen molar-refractivity contribution in [2.75, 3.05) is 0 Å². The molecular formula is C9H5Cl2FO. The van der Waals surface area contributed by atoms with Crippen LogP contribution in [0.25, 0.3) is 0 Å². The Kier molecular flexibility index (Phi) is 3.07. The molecular weight excluding hydrogens is 214 g/mol. The first-order chi connectivity index (χ1) is 6.06. The predicted octanol–water partition coefficient (Wildman–Crippen LogP) is 3.50. The number of rotatable bonds is 2. The fraction of sp³-hybridized carbons (Fsp3) is 0. The number of allylic oxidation sites excluding steroid dienone is 1. The maximum atomic E-state index is 12.9. The minimum absolute atomic E-state index is 0.169. The van der Waals surface area contributed by atoms with Gasteiger partial charge in [-0.05, 0) is 18.2 Å². The maximum absolute atomic E-state index is 12.9. The van der Waals surface area contributed by atoms with Gasteiger partial charge in [0.1, 0.15) is 0 Å². The lowest BCUT2D eigenvalue weighted by atomic mass is 10.1. The van der Waals surface area contributed by atoms with Gasteiger partial charge in [0, 0.05) is 5.56 Å². The lowest BCUT2D eigenvalue weighted by Crippen LogP contribution is -1.95. The molecule has 68 valence electrons. The normalized spacial score (nSPS) is 9.77. The average Bonchev–Trinajstić information content (AvgIpc) is 2.12. The second-order valence-corrected chi connectivity index (χ2v) is 3.14. The zero-order chi connectivity index (χ0) is 10.0. The molecule has 0 spiro atoms. The van der Waals surface area contributed by atoms with Crippen molar-refractivity contribution < 1.29 is 9.18 Å². The predicted molar refractivity (Wildman–Crippen MR) is 50.9 cm³/mol. The minimum atomic E-state index is -0.719. The van der Waals surface area contributed by atoms with E-state index in [-0.39, 0.29) is 21.4 Å². The molecule has 0 bridgehead atoms. The van der Waals surface area contributed by atoms with Crippen LogP contribution in [0, 0.1) is 5.82 Å². The molecule has 1 nitrogen and oxygen atoms in total. The van der Waals surface area contributed by atoms with Crippen LogP contribution in [0.2, 0.25) is 10.0 Å². The van der Waals surface area contributed by atoms with E-state index in [1.54, 1.807) is 0 Å². The molecule has 0 saturated heterocycles. The Morgan fingerprint density at radius 3 is 2.23 bits per heavy atom. The molecule has 1 aromatic rings. The molecule has 0 aromatic heterocycles. The number of hydrogen-bond acceptors (Lipinski definition) is 1. The summed E-state index contributed by atoms with van der Waals surface area (Å²) < 4.78 is 12.9. The Hall–Kier alpha value is -0.860. The first-order valence-electron chi connectivity index (χ1n) is 3.37. The van der Waals surface area contributed by atoms with E-state index in [1.165, 1.54) is 12.1 Å². The van der Waals surface area contributed by atoms with E-state index < -0.39 is 5.82 Å². The van der Waals surface area contributed by atoms with Gasteiger partial charge in [-0.15, -0.1) is 0 Å². The zero-order valence-electron chi connectivity index (χ0n) is 6.48. The molecule has 0 heterocycles. The molecule has 0 aliphatic rings. The summed E-state index contributed by atoms with van der Waals surface area (Å²) >= 11 is 10.9. The minimum Gasteiger partial charge on any atom is -0.289 e. The number of benzene rings is 1. The van der Waals surface area contributed by atoms with Crippen molar-refractivity contribution in [3.05, 3.63) is 46.2 Å². The Morgan fingerprint density at radius 2 is 1.85 bits per heavy atom. The third kappa shape index (κ3) is 2.08. The van der Waals surface area contributed by atoms with Gasteiger partial charge in [-0.2, -0.15) is 0 Å². The maximum Gasteiger partial charge on any atom is 0.185 e. The van der Waals surface area contributed by atoms with E-state index in [9.17, 15) is 9.18 Å². The number of halogens is 3. The lowest BCUT2D eigenvalue weighted by Gasteiger charge is -2.00. The van der Waals surface area contributed by atoms with E-state index in [2.05, 4.69) is 6.58 Å². The molecule has 0 unspecified atom stereocenters. The summed E-state index contributed by atoms with van der Waals surface area (Å²) in [5.74, 6) is -1.06. The molecule has 0 atom stereocenters. The van der Waals surface area contributed by atoms with Crippen LogP contribution in [-0.4, -0.2) is 5.78 Å². The van der Waals surface area contributed by atoms with Crippen molar-refractivity contribution >= 4 is 29.0 Å². The Bertz CT molecular complexity index is 351. The molecule has 13 heavy (non-hydrogen) atoms. The van der Waals surface area contributed by atoms with Crippen LogP contribution in [0.1, 0.15) is 10.4 Å². The first-order valence-corrected chi connectivity index (χ1v) is 4.13. The topological polar surface area (TPSA) is 17.1 Å². The molecule has 0 radical (unpaired) electrons. The van der Waals surface area contributed by atoms with E-state index >= 15 is 0 Å². The van der Waals surface area contributed by atoms with Crippen LogP contribution in [-0.2, 0) is 0 Å². The molecule has 1 aromatic carbocycles. The second-order valence-electron chi connectivity index (χ2n) is 2.32. The molecule has 0 amide bonds. The molecule has 0 fully saturated rings. The van der Waals surface area contributed by atoms with Crippen molar-refractivity contribution in [2.45, 2.75) is 0 Å². The van der Waals surface area contributed by atoms with Crippen LogP contribution < -0.4 is 0 Å². The van der Waals surface area contributed by atoms with Gasteiger partial charge >= 0.3 is 0 Å². The molecule has 0 aliphatic carbocycles. The summed E-state index contributed by atoms with van der Waals surface area (Å²) in [6.45, 7) is 3.29. The standard InChI is InChI=1S/C9H5Cl2FO/c1-2-8(13)5-3-6(10)9(12)7(11)4-5/h2-4H,1H2. The Morgan fingerprint density at radius 1 is 1.38 bits per heavy atom. The highest BCUT2D eigenvalue weighted by atomic mass is 35.5. The first kappa shape index (κ1) is 10.2. The highest BCUT2D eigenvalue weighted by Crippen LogP contribution is 2.24. The monoisotopic (exact) mass is 218 g/mol. The molecule has 0 saturated carbocycles. The lowest BCUT2D eigenvalue weighted by molar-refractivity contribution is 0.104. The van der Waals surface area contributed by atoms with Crippen LogP contribution in [0.5, 0.6) is 0 Å². The van der Waals surface area contributed by atoms with Crippen molar-refractivity contribution in [3.63, 3.8) is 0 Å². The Labute approximate surface area is 84.8 Å². The summed E-state index contributed by atoms with van der Waals surface area (Å²) in [7, 11) is 0. The van der Waals surface area contributed by atoms with Crippen molar-refractivity contribution in [1.29, 1.82) is 0 Å². The van der Waals surface area contributed by atoms with Gasteiger partial charge in [0.05, 0.1) is 10.0 Å². The second kappa shape index (κ2) is 3.90. The highest BCUT2D eigenvalue weighted by molar-refractivity contribution is 6.35. The number of carbonyl (C=O) groups excluding carboxylic acids is 1. The van der Waals surface area contributed by atoms with E-state index in [0.717, 1.165) is 6.08 Å². The third-order valence-electron chi connectivity index (χ3n) is 1.45. The van der Waals surface area contributed by atoms with Crippen molar-refractivity contribution in [1.82, 2.24) is 0 Å². The smallest absolute Gasteiger partial charge is 0.185 e. The number of hydrogen-bond donors (Lipinski definition) is 0. The summed E-state index contributed by atoms with van der Waals surface area (Å²) in [5, 5.41) is -0.338. The average molecular weight is 219 g/mol. The Balaban J connectivity index is 3.28. The molecule has 1 rings (SSSR count). The van der Waals surface area contributed by atoms with Gasteiger partial charge in [-0.25, -0.2) is 4.39 Å². The van der Waals surface area contributed by atoms with Crippen LogP contribution in [0.4, 0.5) is 4.39 Å². The van der Waals surface area contributed by atoms with Gasteiger partial charge in [0.15, 0.2) is 11.6 Å². The van der Waals surface area contributed by atoms with Gasteiger partial charge in [-0.1, -0.05) is 29.8 Å². The molecule has 4 heteroatoms. The summed E-state index contributed by atoms with van der Waals surface area (Å²) in [6, 6.07) is 2.43. The molecule has 0 N–H and O–H groups in total. The summed E-state index contributed by atoms with van der Waals surface area (Å²) in [4.78, 5) is 11.1. The SMILES string of the molecule is C=CC(=O)c1cc(Cl)c(F)c(Cl)c1. The fourth-order valence-corrected chi connectivity index (χ4v) is 1.30. The fourth-order valence-electron chi connectivity index (χ4n) is 0.816. The quantitative estimate of drug-likeness (QED) is 0.422. The third-order valence-corrected chi connectivity index (χ3v) is 2.00. The van der Waals surface area contributed by atoms with Gasteiger partial charge in [-0.3, -0.25) is 4.79 Å². The van der Waals surface area contributed by atoms with Gasteiger partial charge in [0.2, 0.25) is 0 Å².